The van der Waals surface area contributed by atoms with Crippen LogP contribution in [0.15, 0.2) is 52.3 Å². The second kappa shape index (κ2) is 4.44. The van der Waals surface area contributed by atoms with Crippen LogP contribution in [-0.4, -0.2) is 11.8 Å². The standard InChI is InChI=1S/C14H10N2O2S/c15-13(17)8-5-6-12-10(7-8)16-14(18)9-3-1-2-4-11(9)19-12/h1-7H,(H2,15,17)(H,16,18). The molecule has 0 aliphatic carbocycles. The maximum atomic E-state index is 12.1. The summed E-state index contributed by atoms with van der Waals surface area (Å²) in [5.74, 6) is -0.688. The maximum absolute atomic E-state index is 12.1. The summed E-state index contributed by atoms with van der Waals surface area (Å²) in [6, 6.07) is 12.5. The summed E-state index contributed by atoms with van der Waals surface area (Å²) in [7, 11) is 0. The van der Waals surface area contributed by atoms with Crippen LogP contribution >= 0.6 is 11.8 Å². The Morgan fingerprint density at radius 3 is 2.68 bits per heavy atom. The van der Waals surface area contributed by atoms with Gasteiger partial charge in [-0.15, -0.1) is 0 Å². The normalized spacial score (nSPS) is 12.9. The van der Waals surface area contributed by atoms with Gasteiger partial charge < -0.3 is 11.1 Å². The third-order valence-corrected chi connectivity index (χ3v) is 4.02. The van der Waals surface area contributed by atoms with Gasteiger partial charge in [0.2, 0.25) is 5.91 Å². The molecule has 0 aromatic heterocycles. The Hall–Kier alpha value is -2.27. The van der Waals surface area contributed by atoms with Gasteiger partial charge in [0.05, 0.1) is 11.3 Å². The molecule has 0 radical (unpaired) electrons. The van der Waals surface area contributed by atoms with Gasteiger partial charge in [-0.05, 0) is 30.3 Å². The van der Waals surface area contributed by atoms with Crippen LogP contribution in [0, 0.1) is 0 Å². The van der Waals surface area contributed by atoms with E-state index in [4.69, 9.17) is 5.73 Å². The lowest BCUT2D eigenvalue weighted by molar-refractivity contribution is 0.0995. The average molecular weight is 270 g/mol. The van der Waals surface area contributed by atoms with Gasteiger partial charge in [-0.1, -0.05) is 23.9 Å². The summed E-state index contributed by atoms with van der Waals surface area (Å²) in [6.45, 7) is 0. The molecule has 1 heterocycles. The minimum Gasteiger partial charge on any atom is -0.366 e. The number of anilines is 1. The zero-order chi connectivity index (χ0) is 13.4. The number of hydrogen-bond acceptors (Lipinski definition) is 3. The van der Waals surface area contributed by atoms with E-state index < -0.39 is 5.91 Å². The average Bonchev–Trinajstić information content (AvgIpc) is 2.54. The fourth-order valence-electron chi connectivity index (χ4n) is 1.92. The summed E-state index contributed by atoms with van der Waals surface area (Å²) in [5.41, 5.74) is 6.87. The molecule has 4 nitrogen and oxygen atoms in total. The van der Waals surface area contributed by atoms with Crippen molar-refractivity contribution in [2.75, 3.05) is 5.32 Å². The molecule has 1 aliphatic heterocycles. The number of benzene rings is 2. The molecule has 0 unspecified atom stereocenters. The molecule has 0 atom stereocenters. The van der Waals surface area contributed by atoms with Crippen LogP contribution in [0.5, 0.6) is 0 Å². The number of nitrogens with two attached hydrogens (primary N) is 1. The fraction of sp³-hybridized carbons (Fsp3) is 0. The molecule has 3 rings (SSSR count). The van der Waals surface area contributed by atoms with Gasteiger partial charge in [0.15, 0.2) is 0 Å². The Balaban J connectivity index is 2.12. The first-order valence-corrected chi connectivity index (χ1v) is 6.49. The Morgan fingerprint density at radius 2 is 1.89 bits per heavy atom. The zero-order valence-corrected chi connectivity index (χ0v) is 10.7. The van der Waals surface area contributed by atoms with Crippen molar-refractivity contribution in [3.63, 3.8) is 0 Å². The molecule has 5 heteroatoms. The third-order valence-electron chi connectivity index (χ3n) is 2.86. The quantitative estimate of drug-likeness (QED) is 0.836. The van der Waals surface area contributed by atoms with Crippen molar-refractivity contribution in [2.45, 2.75) is 9.79 Å². The largest absolute Gasteiger partial charge is 0.366 e. The van der Waals surface area contributed by atoms with Crippen LogP contribution in [0.25, 0.3) is 0 Å². The van der Waals surface area contributed by atoms with Gasteiger partial charge in [-0.25, -0.2) is 0 Å². The van der Waals surface area contributed by atoms with Crippen LogP contribution in [0.1, 0.15) is 20.7 Å². The van der Waals surface area contributed by atoms with Crippen molar-refractivity contribution >= 4 is 29.3 Å². The second-order valence-corrected chi connectivity index (χ2v) is 5.21. The van der Waals surface area contributed by atoms with E-state index in [1.165, 1.54) is 11.8 Å². The molecule has 2 amide bonds. The van der Waals surface area contributed by atoms with E-state index in [0.29, 0.717) is 16.8 Å². The van der Waals surface area contributed by atoms with E-state index in [1.54, 1.807) is 24.3 Å². The number of carbonyl (C=O) groups is 2. The third kappa shape index (κ3) is 2.08. The summed E-state index contributed by atoms with van der Waals surface area (Å²) < 4.78 is 0. The van der Waals surface area contributed by atoms with Crippen LogP contribution in [0.2, 0.25) is 0 Å². The molecule has 1 aliphatic rings. The highest BCUT2D eigenvalue weighted by Crippen LogP contribution is 2.38. The molecule has 0 bridgehead atoms. The van der Waals surface area contributed by atoms with Gasteiger partial charge in [0.1, 0.15) is 0 Å². The van der Waals surface area contributed by atoms with E-state index in [-0.39, 0.29) is 5.91 Å². The Bertz CT molecular complexity index is 698. The first kappa shape index (κ1) is 11.8. The Morgan fingerprint density at radius 1 is 1.11 bits per heavy atom. The van der Waals surface area contributed by atoms with E-state index in [2.05, 4.69) is 5.32 Å². The van der Waals surface area contributed by atoms with Crippen LogP contribution < -0.4 is 11.1 Å². The molecule has 19 heavy (non-hydrogen) atoms. The molecule has 0 fully saturated rings. The Kier molecular flexibility index (Phi) is 2.76. The summed E-state index contributed by atoms with van der Waals surface area (Å²) in [5, 5.41) is 2.81. The number of rotatable bonds is 1. The van der Waals surface area contributed by atoms with E-state index in [1.807, 2.05) is 18.2 Å². The predicted octanol–water partition coefficient (Wildman–Crippen LogP) is 2.50. The lowest BCUT2D eigenvalue weighted by Gasteiger charge is -2.06. The summed E-state index contributed by atoms with van der Waals surface area (Å²) in [6.07, 6.45) is 0. The van der Waals surface area contributed by atoms with Crippen molar-refractivity contribution in [1.29, 1.82) is 0 Å². The maximum Gasteiger partial charge on any atom is 0.256 e. The molecule has 0 saturated carbocycles. The SMILES string of the molecule is NC(=O)c1ccc2c(c1)NC(=O)c1ccccc1S2. The van der Waals surface area contributed by atoms with Gasteiger partial charge >= 0.3 is 0 Å². The zero-order valence-electron chi connectivity index (χ0n) is 9.84. The van der Waals surface area contributed by atoms with Gasteiger partial charge in [0.25, 0.3) is 5.91 Å². The lowest BCUT2D eigenvalue weighted by Crippen LogP contribution is -2.14. The fourth-order valence-corrected chi connectivity index (χ4v) is 2.93. The lowest BCUT2D eigenvalue weighted by atomic mass is 10.1. The highest BCUT2D eigenvalue weighted by atomic mass is 32.2. The molecular formula is C14H10N2O2S. The number of amides is 2. The number of nitrogens with one attached hydrogen (secondary N) is 1. The van der Waals surface area contributed by atoms with E-state index >= 15 is 0 Å². The predicted molar refractivity (Wildman–Crippen MR) is 73.5 cm³/mol. The first-order valence-electron chi connectivity index (χ1n) is 5.67. The van der Waals surface area contributed by atoms with Crippen LogP contribution in [0.4, 0.5) is 5.69 Å². The van der Waals surface area contributed by atoms with Crippen molar-refractivity contribution in [3.8, 4) is 0 Å². The van der Waals surface area contributed by atoms with Crippen molar-refractivity contribution in [3.05, 3.63) is 53.6 Å². The molecule has 3 N–H and O–H groups in total. The second-order valence-electron chi connectivity index (χ2n) is 4.13. The van der Waals surface area contributed by atoms with E-state index in [9.17, 15) is 9.59 Å². The number of hydrogen-bond donors (Lipinski definition) is 2. The minimum atomic E-state index is -0.510. The van der Waals surface area contributed by atoms with Crippen LogP contribution in [0.3, 0.4) is 0 Å². The highest BCUT2D eigenvalue weighted by Gasteiger charge is 2.20. The highest BCUT2D eigenvalue weighted by molar-refractivity contribution is 7.99. The van der Waals surface area contributed by atoms with Crippen molar-refractivity contribution in [2.24, 2.45) is 5.73 Å². The van der Waals surface area contributed by atoms with E-state index in [0.717, 1.165) is 9.79 Å². The number of fused-ring (bicyclic) bond motifs is 2. The van der Waals surface area contributed by atoms with Gasteiger partial charge in [-0.2, -0.15) is 0 Å². The molecule has 0 spiro atoms. The van der Waals surface area contributed by atoms with Crippen molar-refractivity contribution in [1.82, 2.24) is 0 Å². The topological polar surface area (TPSA) is 72.2 Å². The summed E-state index contributed by atoms with van der Waals surface area (Å²) >= 11 is 1.49. The Labute approximate surface area is 114 Å². The van der Waals surface area contributed by atoms with Gasteiger partial charge in [-0.3, -0.25) is 9.59 Å². The minimum absolute atomic E-state index is 0.177. The molecular weight excluding hydrogens is 260 g/mol. The molecule has 94 valence electrons. The smallest absolute Gasteiger partial charge is 0.256 e. The number of carbonyl (C=O) groups excluding carboxylic acids is 2. The molecule has 2 aromatic rings. The monoisotopic (exact) mass is 270 g/mol. The molecule has 0 saturated heterocycles. The van der Waals surface area contributed by atoms with Gasteiger partial charge in [0, 0.05) is 15.4 Å². The number of primary amides is 1. The first-order chi connectivity index (χ1) is 9.15. The van der Waals surface area contributed by atoms with Crippen LogP contribution in [-0.2, 0) is 0 Å². The van der Waals surface area contributed by atoms with Crippen molar-refractivity contribution < 1.29 is 9.59 Å². The summed E-state index contributed by atoms with van der Waals surface area (Å²) in [4.78, 5) is 25.1. The molecule has 2 aromatic carbocycles.